The predicted octanol–water partition coefficient (Wildman–Crippen LogP) is 1.32. The summed E-state index contributed by atoms with van der Waals surface area (Å²) in [4.78, 5) is 8.69. The van der Waals surface area contributed by atoms with Crippen LogP contribution in [0.15, 0.2) is 6.07 Å². The highest BCUT2D eigenvalue weighted by atomic mass is 32.2. The van der Waals surface area contributed by atoms with E-state index in [4.69, 9.17) is 0 Å². The van der Waals surface area contributed by atoms with Crippen LogP contribution in [0.5, 0.6) is 0 Å². The van der Waals surface area contributed by atoms with Gasteiger partial charge in [-0.05, 0) is 6.42 Å². The molecule has 7 heteroatoms. The number of aryl methyl sites for hydroxylation is 1. The van der Waals surface area contributed by atoms with Crippen LogP contribution in [0.3, 0.4) is 0 Å². The summed E-state index contributed by atoms with van der Waals surface area (Å²) in [5.74, 6) is 2.44. The lowest BCUT2D eigenvalue weighted by atomic mass is 10.3. The van der Waals surface area contributed by atoms with Gasteiger partial charge in [0.15, 0.2) is 9.84 Å². The van der Waals surface area contributed by atoms with Crippen LogP contribution >= 0.6 is 0 Å². The van der Waals surface area contributed by atoms with Crippen LogP contribution < -0.4 is 10.6 Å². The van der Waals surface area contributed by atoms with Crippen molar-refractivity contribution < 1.29 is 8.42 Å². The molecule has 0 saturated carbocycles. The Kier molecular flexibility index (Phi) is 6.01. The molecule has 1 aromatic heterocycles. The number of hydrogen-bond acceptors (Lipinski definition) is 6. The van der Waals surface area contributed by atoms with Crippen LogP contribution in [0.2, 0.25) is 0 Å². The number of nitrogens with zero attached hydrogens (tertiary/aromatic N) is 2. The molecule has 0 radical (unpaired) electrons. The van der Waals surface area contributed by atoms with Crippen molar-refractivity contribution in [2.75, 3.05) is 35.7 Å². The van der Waals surface area contributed by atoms with Crippen LogP contribution in [0, 0.1) is 0 Å². The van der Waals surface area contributed by atoms with Crippen molar-refractivity contribution in [3.05, 3.63) is 11.9 Å². The van der Waals surface area contributed by atoms with E-state index in [2.05, 4.69) is 27.5 Å². The summed E-state index contributed by atoms with van der Waals surface area (Å²) < 4.78 is 22.8. The maximum absolute atomic E-state index is 11.4. The number of aromatic nitrogens is 2. The second-order valence-electron chi connectivity index (χ2n) is 4.22. The largest absolute Gasteiger partial charge is 0.373 e. The summed E-state index contributed by atoms with van der Waals surface area (Å²) in [5, 5.41) is 6.01. The molecule has 0 saturated heterocycles. The van der Waals surface area contributed by atoms with Gasteiger partial charge in [-0.15, -0.1) is 0 Å². The molecule has 0 aliphatic carbocycles. The highest BCUT2D eigenvalue weighted by Crippen LogP contribution is 2.11. The average molecular weight is 286 g/mol. The molecular weight excluding hydrogens is 264 g/mol. The fourth-order valence-corrected chi connectivity index (χ4v) is 2.23. The molecule has 0 amide bonds. The molecule has 0 aliphatic rings. The quantitative estimate of drug-likeness (QED) is 0.750. The Hall–Kier alpha value is -1.37. The number of hydrogen-bond donors (Lipinski definition) is 2. The maximum Gasteiger partial charge on any atom is 0.151 e. The third-order valence-corrected chi connectivity index (χ3v) is 4.37. The Bertz CT molecular complexity index is 502. The molecule has 2 N–H and O–H groups in total. The van der Waals surface area contributed by atoms with Crippen LogP contribution in [-0.4, -0.2) is 43.5 Å². The van der Waals surface area contributed by atoms with E-state index in [0.29, 0.717) is 12.4 Å². The summed E-state index contributed by atoms with van der Waals surface area (Å²) in [6, 6.07) is 1.78. The van der Waals surface area contributed by atoms with Crippen molar-refractivity contribution in [1.82, 2.24) is 9.97 Å². The van der Waals surface area contributed by atoms with Crippen molar-refractivity contribution in [3.8, 4) is 0 Å². The van der Waals surface area contributed by atoms with Gasteiger partial charge >= 0.3 is 0 Å². The lowest BCUT2D eigenvalue weighted by Gasteiger charge is -2.09. The fraction of sp³-hybridized carbons (Fsp3) is 0.667. The number of rotatable bonds is 8. The molecule has 0 aromatic carbocycles. The molecule has 19 heavy (non-hydrogen) atoms. The zero-order valence-electron chi connectivity index (χ0n) is 11.7. The van der Waals surface area contributed by atoms with Crippen molar-refractivity contribution in [2.45, 2.75) is 26.7 Å². The van der Waals surface area contributed by atoms with Gasteiger partial charge in [-0.1, -0.05) is 13.8 Å². The predicted molar refractivity (Wildman–Crippen MR) is 78.4 cm³/mol. The van der Waals surface area contributed by atoms with Crippen LogP contribution in [0.4, 0.5) is 11.6 Å². The monoisotopic (exact) mass is 286 g/mol. The Morgan fingerprint density at radius 3 is 2.47 bits per heavy atom. The molecule has 1 heterocycles. The first-order chi connectivity index (χ1) is 9.00. The highest BCUT2D eigenvalue weighted by Gasteiger charge is 2.08. The molecule has 1 aromatic rings. The zero-order chi connectivity index (χ0) is 14.3. The van der Waals surface area contributed by atoms with Gasteiger partial charge in [0.2, 0.25) is 0 Å². The summed E-state index contributed by atoms with van der Waals surface area (Å²) in [7, 11) is -1.15. The fourth-order valence-electron chi connectivity index (χ4n) is 1.53. The van der Waals surface area contributed by atoms with E-state index in [1.165, 1.54) is 0 Å². The van der Waals surface area contributed by atoms with Gasteiger partial charge < -0.3 is 10.6 Å². The van der Waals surface area contributed by atoms with Gasteiger partial charge in [0.05, 0.1) is 5.75 Å². The van der Waals surface area contributed by atoms with Gasteiger partial charge in [0.25, 0.3) is 0 Å². The second-order valence-corrected chi connectivity index (χ2v) is 6.69. The van der Waals surface area contributed by atoms with E-state index < -0.39 is 9.84 Å². The topological polar surface area (TPSA) is 84.0 Å². The van der Waals surface area contributed by atoms with Gasteiger partial charge in [0.1, 0.15) is 17.5 Å². The lowest BCUT2D eigenvalue weighted by molar-refractivity contribution is 0.597. The number of nitrogens with one attached hydrogen (secondary N) is 2. The van der Waals surface area contributed by atoms with Crippen LogP contribution in [0.25, 0.3) is 0 Å². The number of sulfone groups is 1. The first-order valence-electron chi connectivity index (χ1n) is 6.50. The minimum atomic E-state index is -2.95. The van der Waals surface area contributed by atoms with Crippen molar-refractivity contribution in [3.63, 3.8) is 0 Å². The molecule has 1 rings (SSSR count). The van der Waals surface area contributed by atoms with E-state index >= 15 is 0 Å². The van der Waals surface area contributed by atoms with Crippen molar-refractivity contribution in [1.29, 1.82) is 0 Å². The SMILES string of the molecule is CCCc1nc(NC)cc(NCCS(=O)(=O)CC)n1. The molecule has 0 atom stereocenters. The van der Waals surface area contributed by atoms with E-state index in [0.717, 1.165) is 24.5 Å². The molecule has 0 bridgehead atoms. The van der Waals surface area contributed by atoms with E-state index in [9.17, 15) is 8.42 Å². The minimum absolute atomic E-state index is 0.117. The lowest BCUT2D eigenvalue weighted by Crippen LogP contribution is -2.18. The zero-order valence-corrected chi connectivity index (χ0v) is 12.5. The molecule has 0 aliphatic heterocycles. The van der Waals surface area contributed by atoms with Gasteiger partial charge in [-0.2, -0.15) is 0 Å². The Balaban J connectivity index is 2.69. The van der Waals surface area contributed by atoms with Crippen LogP contribution in [0.1, 0.15) is 26.1 Å². The first-order valence-corrected chi connectivity index (χ1v) is 8.33. The Morgan fingerprint density at radius 1 is 1.21 bits per heavy atom. The maximum atomic E-state index is 11.4. The Morgan fingerprint density at radius 2 is 1.89 bits per heavy atom. The molecule has 0 spiro atoms. The normalized spacial score (nSPS) is 11.3. The van der Waals surface area contributed by atoms with Crippen molar-refractivity contribution >= 4 is 21.5 Å². The third-order valence-electron chi connectivity index (χ3n) is 2.66. The highest BCUT2D eigenvalue weighted by molar-refractivity contribution is 7.91. The van der Waals surface area contributed by atoms with Gasteiger partial charge in [-0.25, -0.2) is 18.4 Å². The van der Waals surface area contributed by atoms with Crippen LogP contribution in [-0.2, 0) is 16.3 Å². The molecule has 108 valence electrons. The molecule has 0 unspecified atom stereocenters. The second kappa shape index (κ2) is 7.28. The average Bonchev–Trinajstić information content (AvgIpc) is 2.38. The summed E-state index contributed by atoms with van der Waals surface area (Å²) in [5.41, 5.74) is 0. The molecule has 6 nitrogen and oxygen atoms in total. The van der Waals surface area contributed by atoms with Gasteiger partial charge in [0, 0.05) is 31.8 Å². The standard InChI is InChI=1S/C12H22N4O2S/c1-4-6-10-15-11(13-3)9-12(16-10)14-7-8-19(17,18)5-2/h9H,4-8H2,1-3H3,(H2,13,14,15,16). The number of anilines is 2. The van der Waals surface area contributed by atoms with Crippen molar-refractivity contribution in [2.24, 2.45) is 0 Å². The third kappa shape index (κ3) is 5.42. The van der Waals surface area contributed by atoms with E-state index in [-0.39, 0.29) is 11.5 Å². The smallest absolute Gasteiger partial charge is 0.151 e. The summed E-state index contributed by atoms with van der Waals surface area (Å²) in [6.07, 6.45) is 1.77. The van der Waals surface area contributed by atoms with Gasteiger partial charge in [-0.3, -0.25) is 0 Å². The van der Waals surface area contributed by atoms with E-state index in [1.54, 1.807) is 20.0 Å². The molecular formula is C12H22N4O2S. The first kappa shape index (κ1) is 15.7. The van der Waals surface area contributed by atoms with E-state index in [1.807, 2.05) is 0 Å². The Labute approximate surface area is 115 Å². The minimum Gasteiger partial charge on any atom is -0.373 e. The summed E-state index contributed by atoms with van der Waals surface area (Å²) in [6.45, 7) is 4.08. The molecule has 0 fully saturated rings. The summed E-state index contributed by atoms with van der Waals surface area (Å²) >= 11 is 0.